The van der Waals surface area contributed by atoms with Crippen molar-refractivity contribution in [1.82, 2.24) is 19.7 Å². The summed E-state index contributed by atoms with van der Waals surface area (Å²) in [6.07, 6.45) is 1.27. The molecule has 9 heteroatoms. The second-order valence-electron chi connectivity index (χ2n) is 6.40. The molecule has 2 heterocycles. The molecule has 0 saturated carbocycles. The van der Waals surface area contributed by atoms with Gasteiger partial charge in [0.05, 0.1) is 5.75 Å². The van der Waals surface area contributed by atoms with Crippen LogP contribution in [0.25, 0.3) is 11.4 Å². The Hall–Kier alpha value is -2.06. The Bertz CT molecular complexity index is 816. The van der Waals surface area contributed by atoms with Gasteiger partial charge in [0.2, 0.25) is 11.8 Å². The van der Waals surface area contributed by atoms with E-state index in [-0.39, 0.29) is 17.7 Å². The number of carbonyl (C=O) groups excluding carboxylic acids is 2. The largest absolute Gasteiger partial charge is 0.369 e. The molecule has 0 spiro atoms. The minimum Gasteiger partial charge on any atom is -0.369 e. The molecular formula is C18H22ClN5O2S. The van der Waals surface area contributed by atoms with Crippen LogP contribution in [0.3, 0.4) is 0 Å². The molecule has 0 bridgehead atoms. The smallest absolute Gasteiger partial charge is 0.233 e. The number of halogens is 1. The predicted octanol–water partition coefficient (Wildman–Crippen LogP) is 2.43. The van der Waals surface area contributed by atoms with Gasteiger partial charge in [0, 0.05) is 36.1 Å². The first-order valence-electron chi connectivity index (χ1n) is 8.88. The maximum Gasteiger partial charge on any atom is 0.233 e. The lowest BCUT2D eigenvalue weighted by atomic mass is 9.96. The molecule has 7 nitrogen and oxygen atoms in total. The van der Waals surface area contributed by atoms with Crippen molar-refractivity contribution in [2.75, 3.05) is 18.8 Å². The highest BCUT2D eigenvalue weighted by Gasteiger charge is 2.26. The number of thioether (sulfide) groups is 1. The first-order chi connectivity index (χ1) is 13.0. The third kappa shape index (κ3) is 4.62. The molecule has 1 aromatic carbocycles. The van der Waals surface area contributed by atoms with Gasteiger partial charge in [-0.15, -0.1) is 10.2 Å². The van der Waals surface area contributed by atoms with E-state index in [1.807, 2.05) is 35.8 Å². The van der Waals surface area contributed by atoms with Gasteiger partial charge in [0.15, 0.2) is 11.0 Å². The average Bonchev–Trinajstić information content (AvgIpc) is 3.09. The topological polar surface area (TPSA) is 94.1 Å². The lowest BCUT2D eigenvalue weighted by Crippen LogP contribution is -2.42. The highest BCUT2D eigenvalue weighted by molar-refractivity contribution is 7.99. The van der Waals surface area contributed by atoms with E-state index in [2.05, 4.69) is 10.2 Å². The number of nitrogens with two attached hydrogens (primary N) is 1. The third-order valence-corrected chi connectivity index (χ3v) is 5.91. The molecule has 2 N–H and O–H groups in total. The Morgan fingerprint density at radius 1 is 1.22 bits per heavy atom. The van der Waals surface area contributed by atoms with Gasteiger partial charge < -0.3 is 15.2 Å². The lowest BCUT2D eigenvalue weighted by molar-refractivity contribution is -0.132. The Morgan fingerprint density at radius 3 is 2.48 bits per heavy atom. The van der Waals surface area contributed by atoms with Crippen LogP contribution in [0.1, 0.15) is 19.8 Å². The second kappa shape index (κ2) is 8.75. The number of benzene rings is 1. The fraction of sp³-hybridized carbons (Fsp3) is 0.444. The molecule has 1 aliphatic rings. The second-order valence-corrected chi connectivity index (χ2v) is 7.78. The molecule has 27 heavy (non-hydrogen) atoms. The van der Waals surface area contributed by atoms with Gasteiger partial charge in [-0.25, -0.2) is 0 Å². The highest BCUT2D eigenvalue weighted by atomic mass is 35.5. The highest BCUT2D eigenvalue weighted by Crippen LogP contribution is 2.26. The van der Waals surface area contributed by atoms with Crippen molar-refractivity contribution < 1.29 is 9.59 Å². The van der Waals surface area contributed by atoms with Crippen LogP contribution in [-0.2, 0) is 16.1 Å². The number of hydrogen-bond donors (Lipinski definition) is 1. The summed E-state index contributed by atoms with van der Waals surface area (Å²) >= 11 is 7.33. The number of nitrogens with zero attached hydrogens (tertiary/aromatic N) is 4. The van der Waals surface area contributed by atoms with Gasteiger partial charge in [0.25, 0.3) is 0 Å². The van der Waals surface area contributed by atoms with Gasteiger partial charge in [-0.2, -0.15) is 0 Å². The van der Waals surface area contributed by atoms with Crippen LogP contribution in [0.4, 0.5) is 0 Å². The van der Waals surface area contributed by atoms with E-state index in [0.29, 0.717) is 48.4 Å². The van der Waals surface area contributed by atoms with Crippen molar-refractivity contribution >= 4 is 35.2 Å². The third-order valence-electron chi connectivity index (χ3n) is 4.71. The van der Waals surface area contributed by atoms with Crippen LogP contribution in [0.5, 0.6) is 0 Å². The minimum atomic E-state index is -0.276. The standard InChI is InChI=1S/C18H22ClN5O2S/c1-2-24-17(13-3-5-14(19)6-4-13)21-22-18(24)27-11-15(25)23-9-7-12(8-10-23)16(20)26/h3-6,12H,2,7-11H2,1H3,(H2,20,26). The summed E-state index contributed by atoms with van der Waals surface area (Å²) < 4.78 is 1.99. The Balaban J connectivity index is 1.62. The predicted molar refractivity (Wildman–Crippen MR) is 105 cm³/mol. The average molecular weight is 408 g/mol. The van der Waals surface area contributed by atoms with Gasteiger partial charge in [-0.1, -0.05) is 23.4 Å². The van der Waals surface area contributed by atoms with E-state index in [9.17, 15) is 9.59 Å². The van der Waals surface area contributed by atoms with Gasteiger partial charge >= 0.3 is 0 Å². The quantitative estimate of drug-likeness (QED) is 0.742. The first-order valence-corrected chi connectivity index (χ1v) is 10.2. The minimum absolute atomic E-state index is 0.0432. The molecule has 3 rings (SSSR count). The molecule has 0 radical (unpaired) electrons. The Morgan fingerprint density at radius 2 is 1.89 bits per heavy atom. The van der Waals surface area contributed by atoms with E-state index in [4.69, 9.17) is 17.3 Å². The molecule has 1 saturated heterocycles. The zero-order chi connectivity index (χ0) is 19.4. The fourth-order valence-corrected chi connectivity index (χ4v) is 4.16. The van der Waals surface area contributed by atoms with Crippen LogP contribution < -0.4 is 5.73 Å². The van der Waals surface area contributed by atoms with Gasteiger partial charge in [0.1, 0.15) is 0 Å². The van der Waals surface area contributed by atoms with Crippen molar-refractivity contribution in [3.63, 3.8) is 0 Å². The maximum atomic E-state index is 12.5. The van der Waals surface area contributed by atoms with Crippen molar-refractivity contribution in [1.29, 1.82) is 0 Å². The zero-order valence-electron chi connectivity index (χ0n) is 15.1. The maximum absolute atomic E-state index is 12.5. The van der Waals surface area contributed by atoms with Crippen molar-refractivity contribution in [2.45, 2.75) is 31.5 Å². The number of piperidine rings is 1. The van der Waals surface area contributed by atoms with Crippen LogP contribution in [-0.4, -0.2) is 50.3 Å². The summed E-state index contributed by atoms with van der Waals surface area (Å²) in [5, 5.41) is 9.91. The van der Waals surface area contributed by atoms with E-state index in [1.54, 1.807) is 4.90 Å². The fourth-order valence-electron chi connectivity index (χ4n) is 3.12. The molecular weight excluding hydrogens is 386 g/mol. The van der Waals surface area contributed by atoms with Gasteiger partial charge in [-0.3, -0.25) is 9.59 Å². The first kappa shape index (κ1) is 19.7. The lowest BCUT2D eigenvalue weighted by Gasteiger charge is -2.30. The summed E-state index contributed by atoms with van der Waals surface area (Å²) in [5.41, 5.74) is 6.27. The number of hydrogen-bond acceptors (Lipinski definition) is 5. The van der Waals surface area contributed by atoms with Crippen LogP contribution in [0, 0.1) is 5.92 Å². The van der Waals surface area contributed by atoms with E-state index >= 15 is 0 Å². The number of amides is 2. The summed E-state index contributed by atoms with van der Waals surface area (Å²) in [6.45, 7) is 3.86. The molecule has 2 aromatic rings. The van der Waals surface area contributed by atoms with E-state index in [0.717, 1.165) is 11.4 Å². The normalized spacial score (nSPS) is 15.1. The zero-order valence-corrected chi connectivity index (χ0v) is 16.7. The molecule has 0 atom stereocenters. The van der Waals surface area contributed by atoms with Crippen LogP contribution >= 0.6 is 23.4 Å². The summed E-state index contributed by atoms with van der Waals surface area (Å²) in [7, 11) is 0. The monoisotopic (exact) mass is 407 g/mol. The molecule has 0 aliphatic carbocycles. The van der Waals surface area contributed by atoms with E-state index in [1.165, 1.54) is 11.8 Å². The molecule has 2 amide bonds. The van der Waals surface area contributed by atoms with Crippen LogP contribution in [0.15, 0.2) is 29.4 Å². The molecule has 144 valence electrons. The summed E-state index contributed by atoms with van der Waals surface area (Å²) in [5.74, 6) is 0.696. The number of aromatic nitrogens is 3. The van der Waals surface area contributed by atoms with Crippen molar-refractivity contribution in [3.05, 3.63) is 29.3 Å². The number of primary amides is 1. The van der Waals surface area contributed by atoms with E-state index < -0.39 is 0 Å². The van der Waals surface area contributed by atoms with Gasteiger partial charge in [-0.05, 0) is 44.0 Å². The number of rotatable bonds is 6. The molecule has 1 aliphatic heterocycles. The molecule has 1 aromatic heterocycles. The van der Waals surface area contributed by atoms with Crippen molar-refractivity contribution in [2.24, 2.45) is 11.7 Å². The molecule has 1 fully saturated rings. The summed E-state index contributed by atoms with van der Waals surface area (Å²) in [6, 6.07) is 7.44. The SMILES string of the molecule is CCn1c(SCC(=O)N2CCC(C(N)=O)CC2)nnc1-c1ccc(Cl)cc1. The number of carbonyl (C=O) groups is 2. The number of likely N-dealkylation sites (tertiary alicyclic amines) is 1. The Labute approximate surface area is 167 Å². The Kier molecular flexibility index (Phi) is 6.38. The molecule has 0 unspecified atom stereocenters. The summed E-state index contributed by atoms with van der Waals surface area (Å²) in [4.78, 5) is 25.5. The van der Waals surface area contributed by atoms with Crippen LogP contribution in [0.2, 0.25) is 5.02 Å². The van der Waals surface area contributed by atoms with Crippen molar-refractivity contribution in [3.8, 4) is 11.4 Å².